The van der Waals surface area contributed by atoms with Gasteiger partial charge in [-0.25, -0.2) is 4.98 Å². The molecule has 6 heteroatoms. The highest BCUT2D eigenvalue weighted by Gasteiger charge is 2.17. The van der Waals surface area contributed by atoms with Gasteiger partial charge in [-0.2, -0.15) is 0 Å². The molecule has 0 fully saturated rings. The molecular formula is C20H17N3O2S. The molecule has 2 heterocycles. The van der Waals surface area contributed by atoms with Gasteiger partial charge in [-0.1, -0.05) is 36.4 Å². The quantitative estimate of drug-likeness (QED) is 0.810. The van der Waals surface area contributed by atoms with Crippen LogP contribution in [0, 0.1) is 5.92 Å². The summed E-state index contributed by atoms with van der Waals surface area (Å²) in [6, 6.07) is 3.71. The molecule has 0 saturated heterocycles. The smallest absolute Gasteiger partial charge is 0.224 e. The number of nitrogens with two attached hydrogens (primary N) is 1. The number of carbonyl (C=O) groups excluding carboxylic acids is 2. The van der Waals surface area contributed by atoms with Crippen LogP contribution in [0.4, 0.5) is 0 Å². The van der Waals surface area contributed by atoms with Crippen LogP contribution in [0.1, 0.15) is 28.3 Å². The zero-order valence-electron chi connectivity index (χ0n) is 13.9. The fourth-order valence-corrected chi connectivity index (χ4v) is 3.73. The second-order valence-electron chi connectivity index (χ2n) is 6.23. The number of hydrogen-bond acceptors (Lipinski definition) is 4. The Morgan fingerprint density at radius 1 is 1.31 bits per heavy atom. The summed E-state index contributed by atoms with van der Waals surface area (Å²) in [6.45, 7) is 0. The number of rotatable bonds is 4. The zero-order chi connectivity index (χ0) is 18.1. The second kappa shape index (κ2) is 6.72. The minimum absolute atomic E-state index is 0.0263. The first-order valence-corrected chi connectivity index (χ1v) is 9.23. The standard InChI is InChI=1S/C20H17N3O2S/c21-19(25)14-8-9-15-16(11-14)23-20(22-15)13-4-1-3-12(6-7-13)18(24)17-5-2-10-26-17/h1-3,5-7,9-11,14H,4,8H2,(H2,21,25)(H,22,23). The molecule has 1 unspecified atom stereocenters. The number of aromatic amines is 1. The Morgan fingerprint density at radius 2 is 2.19 bits per heavy atom. The number of fused-ring (bicyclic) bond motifs is 1. The fourth-order valence-electron chi connectivity index (χ4n) is 3.04. The summed E-state index contributed by atoms with van der Waals surface area (Å²) >= 11 is 1.44. The number of imidazole rings is 1. The molecule has 5 nitrogen and oxygen atoms in total. The topological polar surface area (TPSA) is 88.8 Å². The lowest BCUT2D eigenvalue weighted by Gasteiger charge is -2.06. The van der Waals surface area contributed by atoms with Crippen LogP contribution >= 0.6 is 11.3 Å². The number of aromatic nitrogens is 2. The van der Waals surface area contributed by atoms with Gasteiger partial charge in [0.1, 0.15) is 5.82 Å². The molecule has 2 aromatic rings. The number of H-pyrrole nitrogens is 1. The number of Topliss-reactive ketones (excluding diaryl/α,β-unsaturated/α-hetero) is 1. The Labute approximate surface area is 154 Å². The number of nitrogens with zero attached hydrogens (tertiary/aromatic N) is 1. The van der Waals surface area contributed by atoms with Gasteiger partial charge in [0.05, 0.1) is 21.5 Å². The van der Waals surface area contributed by atoms with Crippen molar-refractivity contribution in [3.8, 4) is 0 Å². The lowest BCUT2D eigenvalue weighted by Crippen LogP contribution is -2.33. The Bertz CT molecular complexity index is 1080. The minimum atomic E-state index is -0.334. The summed E-state index contributed by atoms with van der Waals surface area (Å²) in [4.78, 5) is 32.5. The summed E-state index contributed by atoms with van der Waals surface area (Å²) in [6.07, 6.45) is 12.6. The van der Waals surface area contributed by atoms with E-state index in [0.29, 0.717) is 18.4 Å². The lowest BCUT2D eigenvalue weighted by atomic mass is 10.0. The monoisotopic (exact) mass is 363 g/mol. The van der Waals surface area contributed by atoms with Crippen LogP contribution in [0.15, 0.2) is 47.4 Å². The molecule has 2 aromatic heterocycles. The third-order valence-corrected chi connectivity index (χ3v) is 5.34. The van der Waals surface area contributed by atoms with Gasteiger partial charge in [0.25, 0.3) is 0 Å². The van der Waals surface area contributed by atoms with E-state index in [2.05, 4.69) is 9.97 Å². The van der Waals surface area contributed by atoms with Crippen molar-refractivity contribution in [1.82, 2.24) is 9.97 Å². The van der Waals surface area contributed by atoms with Crippen LogP contribution in [0.25, 0.3) is 17.7 Å². The van der Waals surface area contributed by atoms with Gasteiger partial charge >= 0.3 is 0 Å². The number of carbonyl (C=O) groups is 2. The van der Waals surface area contributed by atoms with Crippen molar-refractivity contribution >= 4 is 40.8 Å². The second-order valence-corrected chi connectivity index (χ2v) is 7.17. The normalized spacial score (nSPS) is 18.7. The van der Waals surface area contributed by atoms with E-state index in [-0.39, 0.29) is 17.6 Å². The Balaban J connectivity index is 1.66. The van der Waals surface area contributed by atoms with E-state index in [1.807, 2.05) is 54.0 Å². The van der Waals surface area contributed by atoms with Gasteiger partial charge in [-0.15, -0.1) is 11.3 Å². The molecule has 0 aromatic carbocycles. The van der Waals surface area contributed by atoms with Crippen LogP contribution in [-0.2, 0) is 4.79 Å². The molecule has 2 aliphatic carbocycles. The van der Waals surface area contributed by atoms with Gasteiger partial charge in [0, 0.05) is 5.57 Å². The third-order valence-electron chi connectivity index (χ3n) is 4.47. The summed E-state index contributed by atoms with van der Waals surface area (Å²) in [5.41, 5.74) is 7.04. The summed E-state index contributed by atoms with van der Waals surface area (Å²) < 4.78 is 0. The average molecular weight is 363 g/mol. The predicted octanol–water partition coefficient (Wildman–Crippen LogP) is 1.69. The number of primary amides is 1. The Kier molecular flexibility index (Phi) is 4.26. The van der Waals surface area contributed by atoms with Crippen molar-refractivity contribution in [2.45, 2.75) is 12.8 Å². The van der Waals surface area contributed by atoms with E-state index in [9.17, 15) is 9.59 Å². The van der Waals surface area contributed by atoms with Gasteiger partial charge in [-0.3, -0.25) is 9.59 Å². The molecule has 0 radical (unpaired) electrons. The lowest BCUT2D eigenvalue weighted by molar-refractivity contribution is -0.119. The molecule has 0 saturated carbocycles. The SMILES string of the molecule is NC(=O)C1C=c2[nH]c(C3=CC=C(C(=O)c4cccs4)C=CC3)nc2=CC1. The highest BCUT2D eigenvalue weighted by molar-refractivity contribution is 7.12. The first-order valence-electron chi connectivity index (χ1n) is 8.35. The Morgan fingerprint density at radius 3 is 2.96 bits per heavy atom. The van der Waals surface area contributed by atoms with Crippen LogP contribution in [0.3, 0.4) is 0 Å². The van der Waals surface area contributed by atoms with Gasteiger partial charge in [-0.05, 0) is 35.9 Å². The number of nitrogens with one attached hydrogen (secondary N) is 1. The molecule has 4 rings (SSSR count). The van der Waals surface area contributed by atoms with Gasteiger partial charge < -0.3 is 10.7 Å². The molecule has 0 spiro atoms. The number of ketones is 1. The molecular weight excluding hydrogens is 346 g/mol. The van der Waals surface area contributed by atoms with E-state index in [1.165, 1.54) is 11.3 Å². The van der Waals surface area contributed by atoms with Gasteiger partial charge in [0.15, 0.2) is 0 Å². The summed E-state index contributed by atoms with van der Waals surface area (Å²) in [5, 5.41) is 3.56. The maximum atomic E-state index is 12.5. The first kappa shape index (κ1) is 16.5. The minimum Gasteiger partial charge on any atom is -0.369 e. The van der Waals surface area contributed by atoms with Crippen molar-refractivity contribution in [3.05, 3.63) is 68.8 Å². The third kappa shape index (κ3) is 3.11. The molecule has 130 valence electrons. The molecule has 0 bridgehead atoms. The predicted molar refractivity (Wildman–Crippen MR) is 103 cm³/mol. The molecule has 1 amide bonds. The molecule has 3 N–H and O–H groups in total. The maximum absolute atomic E-state index is 12.5. The molecule has 1 atom stereocenters. The number of thiophene rings is 1. The van der Waals surface area contributed by atoms with Crippen molar-refractivity contribution in [1.29, 1.82) is 0 Å². The van der Waals surface area contributed by atoms with E-state index < -0.39 is 0 Å². The van der Waals surface area contributed by atoms with E-state index in [0.717, 1.165) is 27.0 Å². The fraction of sp³-hybridized carbons (Fsp3) is 0.150. The van der Waals surface area contributed by atoms with E-state index in [1.54, 1.807) is 0 Å². The highest BCUT2D eigenvalue weighted by Crippen LogP contribution is 2.22. The van der Waals surface area contributed by atoms with Crippen molar-refractivity contribution in [2.24, 2.45) is 11.7 Å². The van der Waals surface area contributed by atoms with Crippen molar-refractivity contribution in [3.63, 3.8) is 0 Å². The van der Waals surface area contributed by atoms with Crippen molar-refractivity contribution in [2.75, 3.05) is 0 Å². The zero-order valence-corrected chi connectivity index (χ0v) is 14.8. The summed E-state index contributed by atoms with van der Waals surface area (Å²) in [7, 11) is 0. The van der Waals surface area contributed by atoms with Crippen LogP contribution in [0.5, 0.6) is 0 Å². The first-order chi connectivity index (χ1) is 12.6. The number of hydrogen-bond donors (Lipinski definition) is 2. The molecule has 0 aliphatic heterocycles. The summed E-state index contributed by atoms with van der Waals surface area (Å²) in [5.74, 6) is 0.143. The highest BCUT2D eigenvalue weighted by atomic mass is 32.1. The molecule has 26 heavy (non-hydrogen) atoms. The number of amides is 1. The maximum Gasteiger partial charge on any atom is 0.224 e. The largest absolute Gasteiger partial charge is 0.369 e. The number of allylic oxidation sites excluding steroid dienone is 6. The Hall–Kier alpha value is -2.99. The van der Waals surface area contributed by atoms with Crippen LogP contribution in [-0.4, -0.2) is 21.7 Å². The van der Waals surface area contributed by atoms with Crippen LogP contribution in [0.2, 0.25) is 0 Å². The molecule has 2 aliphatic rings. The van der Waals surface area contributed by atoms with Gasteiger partial charge in [0.2, 0.25) is 11.7 Å². The van der Waals surface area contributed by atoms with Crippen molar-refractivity contribution < 1.29 is 9.59 Å². The van der Waals surface area contributed by atoms with Crippen LogP contribution < -0.4 is 16.4 Å². The van der Waals surface area contributed by atoms with E-state index >= 15 is 0 Å². The van der Waals surface area contributed by atoms with E-state index in [4.69, 9.17) is 5.73 Å². The average Bonchev–Trinajstić information content (AvgIpc) is 3.25.